The van der Waals surface area contributed by atoms with Crippen LogP contribution in [0.4, 0.5) is 0 Å². The van der Waals surface area contributed by atoms with Crippen molar-refractivity contribution in [1.82, 2.24) is 4.90 Å². The van der Waals surface area contributed by atoms with Crippen LogP contribution in [0.3, 0.4) is 0 Å². The van der Waals surface area contributed by atoms with Crippen molar-refractivity contribution in [3.8, 4) is 5.75 Å². The van der Waals surface area contributed by atoms with Gasteiger partial charge < -0.3 is 9.64 Å². The maximum absolute atomic E-state index is 11.1. The second-order valence-electron chi connectivity index (χ2n) is 5.53. The molecule has 0 aliphatic carbocycles. The second-order valence-corrected chi connectivity index (χ2v) is 6.44. The van der Waals surface area contributed by atoms with Crippen LogP contribution in [-0.4, -0.2) is 37.4 Å². The molecule has 1 aliphatic heterocycles. The third kappa shape index (κ3) is 3.83. The zero-order valence-electron chi connectivity index (χ0n) is 12.2. The lowest BCUT2D eigenvalue weighted by molar-refractivity contribution is 0.111. The Morgan fingerprint density at radius 2 is 2.25 bits per heavy atom. The molecule has 0 saturated carbocycles. The van der Waals surface area contributed by atoms with E-state index in [0.29, 0.717) is 18.2 Å². The number of halogens is 1. The molecule has 3 nitrogen and oxygen atoms in total. The van der Waals surface area contributed by atoms with Crippen LogP contribution < -0.4 is 4.74 Å². The molecule has 1 saturated heterocycles. The van der Waals surface area contributed by atoms with Gasteiger partial charge in [0.15, 0.2) is 6.29 Å². The molecule has 1 aliphatic rings. The fourth-order valence-corrected chi connectivity index (χ4v) is 3.44. The molecule has 1 aromatic carbocycles. The van der Waals surface area contributed by atoms with Crippen LogP contribution in [0.2, 0.25) is 0 Å². The number of rotatable bonds is 5. The first-order valence-electron chi connectivity index (χ1n) is 7.20. The van der Waals surface area contributed by atoms with E-state index in [1.807, 2.05) is 19.1 Å². The highest BCUT2D eigenvalue weighted by Gasteiger charge is 2.19. The van der Waals surface area contributed by atoms with Crippen LogP contribution in [0, 0.1) is 6.92 Å². The normalized spacial score (nSPS) is 19.9. The lowest BCUT2D eigenvalue weighted by atomic mass is 10.0. The summed E-state index contributed by atoms with van der Waals surface area (Å²) in [5.74, 6) is 0.724. The number of carbonyl (C=O) groups excluding carboxylic acids is 1. The van der Waals surface area contributed by atoms with Crippen molar-refractivity contribution < 1.29 is 9.53 Å². The Labute approximate surface area is 129 Å². The molecule has 1 fully saturated rings. The number of carbonyl (C=O) groups is 1. The van der Waals surface area contributed by atoms with Gasteiger partial charge in [0, 0.05) is 10.5 Å². The molecule has 1 unspecified atom stereocenters. The van der Waals surface area contributed by atoms with Crippen LogP contribution in [0.5, 0.6) is 5.75 Å². The van der Waals surface area contributed by atoms with Gasteiger partial charge in [-0.05, 0) is 57.5 Å². The van der Waals surface area contributed by atoms with Crippen LogP contribution >= 0.6 is 15.9 Å². The monoisotopic (exact) mass is 339 g/mol. The third-order valence-electron chi connectivity index (χ3n) is 4.01. The number of hydrogen-bond acceptors (Lipinski definition) is 3. The predicted octanol–water partition coefficient (Wildman–Crippen LogP) is 3.82. The van der Waals surface area contributed by atoms with E-state index in [-0.39, 0.29) is 0 Å². The number of likely N-dealkylation sites (tertiary alicyclic amines) is 1. The van der Waals surface area contributed by atoms with Crippen molar-refractivity contribution in [1.29, 1.82) is 0 Å². The first-order chi connectivity index (χ1) is 9.61. The largest absolute Gasteiger partial charge is 0.493 e. The Kier molecular flexibility index (Phi) is 5.61. The minimum atomic E-state index is 0.610. The van der Waals surface area contributed by atoms with Gasteiger partial charge in [0.05, 0.1) is 12.2 Å². The number of benzene rings is 1. The van der Waals surface area contributed by atoms with E-state index < -0.39 is 0 Å². The van der Waals surface area contributed by atoms with Gasteiger partial charge >= 0.3 is 0 Å². The summed E-state index contributed by atoms with van der Waals surface area (Å²) < 4.78 is 6.80. The van der Waals surface area contributed by atoms with Gasteiger partial charge in [-0.3, -0.25) is 4.79 Å². The highest BCUT2D eigenvalue weighted by molar-refractivity contribution is 9.10. The molecule has 0 radical (unpaired) electrons. The molecule has 0 bridgehead atoms. The summed E-state index contributed by atoms with van der Waals surface area (Å²) >= 11 is 3.41. The maximum Gasteiger partial charge on any atom is 0.153 e. The predicted molar refractivity (Wildman–Crippen MR) is 84.6 cm³/mol. The molecule has 0 N–H and O–H groups in total. The van der Waals surface area contributed by atoms with Crippen molar-refractivity contribution >= 4 is 22.2 Å². The number of aldehydes is 1. The Morgan fingerprint density at radius 1 is 1.45 bits per heavy atom. The molecule has 4 heteroatoms. The summed E-state index contributed by atoms with van der Waals surface area (Å²) in [6, 6.07) is 4.40. The van der Waals surface area contributed by atoms with Crippen molar-refractivity contribution in [3.05, 3.63) is 27.7 Å². The smallest absolute Gasteiger partial charge is 0.153 e. The molecule has 2 rings (SSSR count). The van der Waals surface area contributed by atoms with Crippen LogP contribution in [0.1, 0.15) is 41.6 Å². The van der Waals surface area contributed by atoms with Crippen molar-refractivity contribution in [3.63, 3.8) is 0 Å². The van der Waals surface area contributed by atoms with E-state index in [4.69, 9.17) is 4.74 Å². The standard InChI is InChI=1S/C16H22BrNO2/c1-12-9-14(17)10-13(11-19)16(12)20-8-6-15-5-3-4-7-18(15)2/h9-11,15H,3-8H2,1-2H3. The van der Waals surface area contributed by atoms with Crippen LogP contribution in [0.25, 0.3) is 0 Å². The summed E-state index contributed by atoms with van der Waals surface area (Å²) in [7, 11) is 2.19. The van der Waals surface area contributed by atoms with Gasteiger partial charge in [-0.1, -0.05) is 22.4 Å². The fourth-order valence-electron chi connectivity index (χ4n) is 2.85. The average Bonchev–Trinajstić information content (AvgIpc) is 2.42. The Balaban J connectivity index is 1.95. The zero-order valence-corrected chi connectivity index (χ0v) is 13.8. The highest BCUT2D eigenvalue weighted by atomic mass is 79.9. The van der Waals surface area contributed by atoms with E-state index >= 15 is 0 Å². The van der Waals surface area contributed by atoms with E-state index in [9.17, 15) is 4.79 Å². The topological polar surface area (TPSA) is 29.5 Å². The number of aryl methyl sites for hydroxylation is 1. The quantitative estimate of drug-likeness (QED) is 0.763. The minimum absolute atomic E-state index is 0.610. The molecule has 0 amide bonds. The maximum atomic E-state index is 11.1. The van der Waals surface area contributed by atoms with Gasteiger partial charge in [-0.25, -0.2) is 0 Å². The van der Waals surface area contributed by atoms with E-state index in [1.54, 1.807) is 0 Å². The Morgan fingerprint density at radius 3 is 2.95 bits per heavy atom. The molecular formula is C16H22BrNO2. The van der Waals surface area contributed by atoms with E-state index in [2.05, 4.69) is 27.9 Å². The number of hydrogen-bond donors (Lipinski definition) is 0. The van der Waals surface area contributed by atoms with E-state index in [0.717, 1.165) is 28.5 Å². The van der Waals surface area contributed by atoms with Gasteiger partial charge in [0.2, 0.25) is 0 Å². The summed E-state index contributed by atoms with van der Waals surface area (Å²) in [5, 5.41) is 0. The van der Waals surface area contributed by atoms with E-state index in [1.165, 1.54) is 25.8 Å². The van der Waals surface area contributed by atoms with Gasteiger partial charge in [0.25, 0.3) is 0 Å². The number of piperidine rings is 1. The first-order valence-corrected chi connectivity index (χ1v) is 7.99. The SMILES string of the molecule is Cc1cc(Br)cc(C=O)c1OCCC1CCCCN1C. The molecule has 1 heterocycles. The summed E-state index contributed by atoms with van der Waals surface area (Å²) in [6.07, 6.45) is 5.74. The lowest BCUT2D eigenvalue weighted by Crippen LogP contribution is -2.37. The highest BCUT2D eigenvalue weighted by Crippen LogP contribution is 2.27. The van der Waals surface area contributed by atoms with Gasteiger partial charge in [0.1, 0.15) is 5.75 Å². The molecule has 20 heavy (non-hydrogen) atoms. The van der Waals surface area contributed by atoms with Crippen molar-refractivity contribution in [2.75, 3.05) is 20.2 Å². The molecule has 1 atom stereocenters. The van der Waals surface area contributed by atoms with Crippen molar-refractivity contribution in [2.24, 2.45) is 0 Å². The third-order valence-corrected chi connectivity index (χ3v) is 4.47. The lowest BCUT2D eigenvalue weighted by Gasteiger charge is -2.32. The summed E-state index contributed by atoms with van der Waals surface area (Å²) in [6.45, 7) is 3.82. The molecule has 110 valence electrons. The molecule has 0 aromatic heterocycles. The number of nitrogens with zero attached hydrogens (tertiary/aromatic N) is 1. The van der Waals surface area contributed by atoms with Crippen LogP contribution in [-0.2, 0) is 0 Å². The minimum Gasteiger partial charge on any atom is -0.493 e. The molecular weight excluding hydrogens is 318 g/mol. The summed E-state index contributed by atoms with van der Waals surface area (Å²) in [4.78, 5) is 13.6. The van der Waals surface area contributed by atoms with Crippen molar-refractivity contribution in [2.45, 2.75) is 38.6 Å². The molecule has 1 aromatic rings. The average molecular weight is 340 g/mol. The Hall–Kier alpha value is -0.870. The van der Waals surface area contributed by atoms with Crippen LogP contribution in [0.15, 0.2) is 16.6 Å². The Bertz CT molecular complexity index is 476. The zero-order chi connectivity index (χ0) is 14.5. The first kappa shape index (κ1) is 15.5. The number of ether oxygens (including phenoxy) is 1. The van der Waals surface area contributed by atoms with Gasteiger partial charge in [-0.2, -0.15) is 0 Å². The molecule has 0 spiro atoms. The summed E-state index contributed by atoms with van der Waals surface area (Å²) in [5.41, 5.74) is 1.62. The van der Waals surface area contributed by atoms with Gasteiger partial charge in [-0.15, -0.1) is 0 Å². The fraction of sp³-hybridized carbons (Fsp3) is 0.562. The second kappa shape index (κ2) is 7.23.